The minimum Gasteiger partial charge on any atom is -0.367 e. The minimum atomic E-state index is 0.823. The van der Waals surface area contributed by atoms with Crippen molar-refractivity contribution in [3.05, 3.63) is 42.9 Å². The number of hydrogen-bond donors (Lipinski definition) is 1. The normalized spacial score (nSPS) is 10.9. The first-order valence-corrected chi connectivity index (χ1v) is 4.41. The van der Waals surface area contributed by atoms with E-state index >= 15 is 0 Å². The molecular weight excluding hydrogens is 176 g/mol. The van der Waals surface area contributed by atoms with Crippen LogP contribution in [0.5, 0.6) is 0 Å². The van der Waals surface area contributed by atoms with Crippen molar-refractivity contribution in [2.45, 2.75) is 0 Å². The molecule has 0 spiro atoms. The Balaban J connectivity index is 2.23. The van der Waals surface area contributed by atoms with Crippen LogP contribution in [0.25, 0.3) is 22.1 Å². The van der Waals surface area contributed by atoms with Crippen LogP contribution in [-0.2, 0) is 0 Å². The summed E-state index contributed by atoms with van der Waals surface area (Å²) < 4.78 is 5.03. The molecule has 0 aliphatic carbocycles. The lowest BCUT2D eigenvalue weighted by Gasteiger charge is -1.95. The smallest absolute Gasteiger partial charge is 0.166 e. The molecule has 0 amide bonds. The van der Waals surface area contributed by atoms with Crippen molar-refractivity contribution in [2.75, 3.05) is 0 Å². The summed E-state index contributed by atoms with van der Waals surface area (Å²) in [6.45, 7) is 0. The second-order valence-electron chi connectivity index (χ2n) is 3.18. The molecule has 0 aliphatic heterocycles. The van der Waals surface area contributed by atoms with Gasteiger partial charge in [0.1, 0.15) is 0 Å². The molecule has 0 saturated heterocycles. The van der Waals surface area contributed by atoms with E-state index in [9.17, 15) is 0 Å². The topological polar surface area (TPSA) is 41.8 Å². The zero-order chi connectivity index (χ0) is 9.38. The summed E-state index contributed by atoms with van der Waals surface area (Å²) in [5.74, 6) is 0. The quantitative estimate of drug-likeness (QED) is 0.631. The molecule has 3 rings (SSSR count). The third kappa shape index (κ3) is 1.03. The lowest BCUT2D eigenvalue weighted by Crippen LogP contribution is -1.72. The molecule has 2 heterocycles. The molecule has 3 heteroatoms. The van der Waals surface area contributed by atoms with Crippen LogP contribution >= 0.6 is 0 Å². The van der Waals surface area contributed by atoms with Gasteiger partial charge in [-0.1, -0.05) is 11.2 Å². The SMILES string of the molecule is c1cc(-c2ccc3oncc3c2)c[nH]1. The Morgan fingerprint density at radius 1 is 1.14 bits per heavy atom. The molecule has 68 valence electrons. The third-order valence-electron chi connectivity index (χ3n) is 2.28. The summed E-state index contributed by atoms with van der Waals surface area (Å²) in [4.78, 5) is 3.03. The van der Waals surface area contributed by atoms with Gasteiger partial charge in [0, 0.05) is 17.8 Å². The lowest BCUT2D eigenvalue weighted by atomic mass is 10.1. The van der Waals surface area contributed by atoms with Gasteiger partial charge in [0.25, 0.3) is 0 Å². The Morgan fingerprint density at radius 2 is 2.14 bits per heavy atom. The van der Waals surface area contributed by atoms with Crippen molar-refractivity contribution in [2.24, 2.45) is 0 Å². The molecule has 14 heavy (non-hydrogen) atoms. The van der Waals surface area contributed by atoms with Gasteiger partial charge in [0.15, 0.2) is 5.58 Å². The van der Waals surface area contributed by atoms with Crippen molar-refractivity contribution < 1.29 is 4.52 Å². The van der Waals surface area contributed by atoms with Crippen molar-refractivity contribution in [1.29, 1.82) is 0 Å². The van der Waals surface area contributed by atoms with E-state index in [1.54, 1.807) is 6.20 Å². The van der Waals surface area contributed by atoms with Gasteiger partial charge in [-0.15, -0.1) is 0 Å². The Morgan fingerprint density at radius 3 is 3.00 bits per heavy atom. The van der Waals surface area contributed by atoms with Crippen LogP contribution in [0.15, 0.2) is 47.4 Å². The van der Waals surface area contributed by atoms with Crippen molar-refractivity contribution >= 4 is 11.0 Å². The molecule has 1 N–H and O–H groups in total. The minimum absolute atomic E-state index is 0.823. The number of H-pyrrole nitrogens is 1. The summed E-state index contributed by atoms with van der Waals surface area (Å²) in [7, 11) is 0. The molecule has 0 fully saturated rings. The van der Waals surface area contributed by atoms with Crippen LogP contribution in [0.2, 0.25) is 0 Å². The fraction of sp³-hybridized carbons (Fsp3) is 0. The van der Waals surface area contributed by atoms with E-state index in [4.69, 9.17) is 4.52 Å². The second-order valence-corrected chi connectivity index (χ2v) is 3.18. The molecule has 0 saturated carbocycles. The van der Waals surface area contributed by atoms with Crippen molar-refractivity contribution in [3.8, 4) is 11.1 Å². The number of aromatic amines is 1. The maximum atomic E-state index is 5.03. The zero-order valence-electron chi connectivity index (χ0n) is 7.40. The number of benzene rings is 1. The molecule has 0 atom stereocenters. The average molecular weight is 184 g/mol. The highest BCUT2D eigenvalue weighted by Gasteiger charge is 2.01. The molecule has 0 unspecified atom stereocenters. The van der Waals surface area contributed by atoms with Gasteiger partial charge in [0.05, 0.1) is 6.20 Å². The van der Waals surface area contributed by atoms with Gasteiger partial charge in [0.2, 0.25) is 0 Å². The van der Waals surface area contributed by atoms with E-state index in [1.165, 1.54) is 11.1 Å². The Kier molecular flexibility index (Phi) is 1.44. The number of nitrogens with zero attached hydrogens (tertiary/aromatic N) is 1. The lowest BCUT2D eigenvalue weighted by molar-refractivity contribution is 0.456. The van der Waals surface area contributed by atoms with E-state index in [0.29, 0.717) is 0 Å². The van der Waals surface area contributed by atoms with E-state index in [-0.39, 0.29) is 0 Å². The summed E-state index contributed by atoms with van der Waals surface area (Å²) >= 11 is 0. The largest absolute Gasteiger partial charge is 0.367 e. The van der Waals surface area contributed by atoms with Crippen LogP contribution in [-0.4, -0.2) is 10.1 Å². The Hall–Kier alpha value is -2.03. The van der Waals surface area contributed by atoms with Crippen molar-refractivity contribution in [3.63, 3.8) is 0 Å². The molecule has 3 nitrogen and oxygen atoms in total. The highest BCUT2D eigenvalue weighted by atomic mass is 16.5. The van der Waals surface area contributed by atoms with Crippen LogP contribution < -0.4 is 0 Å². The highest BCUT2D eigenvalue weighted by Crippen LogP contribution is 2.23. The zero-order valence-corrected chi connectivity index (χ0v) is 7.40. The first-order chi connectivity index (χ1) is 6.93. The van der Waals surface area contributed by atoms with Gasteiger partial charge in [-0.25, -0.2) is 0 Å². The molecular formula is C11H8N2O. The number of aromatic nitrogens is 2. The molecule has 3 aromatic rings. The number of hydrogen-bond acceptors (Lipinski definition) is 2. The van der Waals surface area contributed by atoms with E-state index in [0.717, 1.165) is 11.0 Å². The molecule has 0 aliphatic rings. The average Bonchev–Trinajstić information content (AvgIpc) is 2.88. The Bertz CT molecular complexity index is 551. The van der Waals surface area contributed by atoms with Crippen LogP contribution in [0.4, 0.5) is 0 Å². The number of nitrogens with one attached hydrogen (secondary N) is 1. The maximum Gasteiger partial charge on any atom is 0.166 e. The van der Waals surface area contributed by atoms with E-state index in [2.05, 4.69) is 16.2 Å². The standard InChI is InChI=1S/C11H8N2O/c1-2-11-10(7-13-14-11)5-8(1)9-3-4-12-6-9/h1-7,12H. The third-order valence-corrected chi connectivity index (χ3v) is 2.28. The predicted molar refractivity (Wildman–Crippen MR) is 53.8 cm³/mol. The molecule has 0 radical (unpaired) electrons. The first-order valence-electron chi connectivity index (χ1n) is 4.41. The first kappa shape index (κ1) is 7.38. The number of fused-ring (bicyclic) bond motifs is 1. The molecule has 2 aromatic heterocycles. The van der Waals surface area contributed by atoms with Gasteiger partial charge in [-0.05, 0) is 29.3 Å². The summed E-state index contributed by atoms with van der Waals surface area (Å²) in [5, 5.41) is 4.77. The predicted octanol–water partition coefficient (Wildman–Crippen LogP) is 2.82. The van der Waals surface area contributed by atoms with Crippen LogP contribution in [0.1, 0.15) is 0 Å². The van der Waals surface area contributed by atoms with Gasteiger partial charge in [-0.3, -0.25) is 0 Å². The van der Waals surface area contributed by atoms with Crippen LogP contribution in [0, 0.1) is 0 Å². The van der Waals surface area contributed by atoms with Crippen LogP contribution in [0.3, 0.4) is 0 Å². The van der Waals surface area contributed by atoms with E-state index in [1.807, 2.05) is 30.6 Å². The van der Waals surface area contributed by atoms with Gasteiger partial charge >= 0.3 is 0 Å². The van der Waals surface area contributed by atoms with Gasteiger partial charge in [-0.2, -0.15) is 0 Å². The van der Waals surface area contributed by atoms with E-state index < -0.39 is 0 Å². The Labute approximate surface area is 80.3 Å². The monoisotopic (exact) mass is 184 g/mol. The van der Waals surface area contributed by atoms with Crippen molar-refractivity contribution in [1.82, 2.24) is 10.1 Å². The fourth-order valence-electron chi connectivity index (χ4n) is 1.56. The maximum absolute atomic E-state index is 5.03. The molecule has 1 aromatic carbocycles. The van der Waals surface area contributed by atoms with Gasteiger partial charge < -0.3 is 9.51 Å². The number of rotatable bonds is 1. The molecule has 0 bridgehead atoms. The summed E-state index contributed by atoms with van der Waals surface area (Å²) in [5.41, 5.74) is 3.17. The summed E-state index contributed by atoms with van der Waals surface area (Å²) in [6, 6.07) is 8.06. The highest BCUT2D eigenvalue weighted by molar-refractivity contribution is 5.82. The fourth-order valence-corrected chi connectivity index (χ4v) is 1.56. The summed E-state index contributed by atoms with van der Waals surface area (Å²) in [6.07, 6.45) is 5.60. The second kappa shape index (κ2) is 2.73.